The average Bonchev–Trinajstić information content (AvgIpc) is 3.00. The van der Waals surface area contributed by atoms with Crippen LogP contribution in [0.3, 0.4) is 0 Å². The lowest BCUT2D eigenvalue weighted by molar-refractivity contribution is -0.124. The molecule has 1 unspecified atom stereocenters. The quantitative estimate of drug-likeness (QED) is 0.539. The molecule has 0 saturated carbocycles. The minimum Gasteiger partial charge on any atom is -0.330 e. The Balaban J connectivity index is 1.62. The highest BCUT2D eigenvalue weighted by atomic mass is 35.5. The fraction of sp³-hybridized carbons (Fsp3) is 0.167. The lowest BCUT2D eigenvalue weighted by Crippen LogP contribution is -2.27. The van der Waals surface area contributed by atoms with Crippen molar-refractivity contribution in [3.63, 3.8) is 0 Å². The van der Waals surface area contributed by atoms with Crippen LogP contribution in [0, 0.1) is 5.92 Å². The van der Waals surface area contributed by atoms with Crippen LogP contribution in [0.2, 0.25) is 10.0 Å². The molecular weight excluding hydrogens is 359 g/mol. The van der Waals surface area contributed by atoms with Gasteiger partial charge in [-0.3, -0.25) is 4.79 Å². The van der Waals surface area contributed by atoms with Gasteiger partial charge in [0, 0.05) is 17.1 Å². The molecule has 25 heavy (non-hydrogen) atoms. The molecule has 1 N–H and O–H groups in total. The number of benzene rings is 2. The van der Waals surface area contributed by atoms with Crippen molar-refractivity contribution in [1.29, 1.82) is 0 Å². The van der Waals surface area contributed by atoms with Crippen molar-refractivity contribution in [2.24, 2.45) is 11.0 Å². The zero-order valence-corrected chi connectivity index (χ0v) is 15.0. The number of nitrogens with one attached hydrogen (secondary N) is 1. The van der Waals surface area contributed by atoms with Gasteiger partial charge in [-0.25, -0.2) is 10.4 Å². The van der Waals surface area contributed by atoms with E-state index in [4.69, 9.17) is 23.2 Å². The number of aromatic nitrogens is 2. The molecule has 1 aromatic heterocycles. The summed E-state index contributed by atoms with van der Waals surface area (Å²) < 4.78 is 1.96. The van der Waals surface area contributed by atoms with E-state index in [0.717, 1.165) is 11.0 Å². The van der Waals surface area contributed by atoms with Crippen LogP contribution < -0.4 is 5.43 Å². The third-order valence-corrected chi connectivity index (χ3v) is 4.35. The highest BCUT2D eigenvalue weighted by Gasteiger charge is 2.14. The molecule has 0 aliphatic carbocycles. The Morgan fingerprint density at radius 1 is 1.32 bits per heavy atom. The Morgan fingerprint density at radius 2 is 2.12 bits per heavy atom. The zero-order valence-electron chi connectivity index (χ0n) is 13.5. The maximum atomic E-state index is 12.2. The fourth-order valence-corrected chi connectivity index (χ4v) is 2.87. The number of hydrogen-bond acceptors (Lipinski definition) is 3. The lowest BCUT2D eigenvalue weighted by Gasteiger charge is -2.11. The molecule has 7 heteroatoms. The maximum absolute atomic E-state index is 12.2. The molecule has 2 aromatic carbocycles. The molecule has 1 atom stereocenters. The molecule has 3 aromatic rings. The molecule has 128 valence electrons. The van der Waals surface area contributed by atoms with Gasteiger partial charge >= 0.3 is 0 Å². The van der Waals surface area contributed by atoms with Gasteiger partial charge in [0.1, 0.15) is 0 Å². The van der Waals surface area contributed by atoms with Gasteiger partial charge in [0.15, 0.2) is 0 Å². The summed E-state index contributed by atoms with van der Waals surface area (Å²) in [6.07, 6.45) is 3.24. The highest BCUT2D eigenvalue weighted by Crippen LogP contribution is 2.19. The van der Waals surface area contributed by atoms with E-state index in [1.54, 1.807) is 24.5 Å². The smallest absolute Gasteiger partial charge is 0.244 e. The van der Waals surface area contributed by atoms with E-state index in [0.29, 0.717) is 22.2 Å². The third-order valence-electron chi connectivity index (χ3n) is 3.79. The third kappa shape index (κ3) is 4.18. The summed E-state index contributed by atoms with van der Waals surface area (Å²) in [6.45, 7) is 2.36. The van der Waals surface area contributed by atoms with Crippen molar-refractivity contribution in [2.75, 3.05) is 0 Å². The van der Waals surface area contributed by atoms with Gasteiger partial charge in [0.25, 0.3) is 0 Å². The van der Waals surface area contributed by atoms with Crippen LogP contribution in [0.1, 0.15) is 12.5 Å². The number of hydrazone groups is 1. The first-order chi connectivity index (χ1) is 12.0. The number of halogens is 2. The number of fused-ring (bicyclic) bond motifs is 1. The molecule has 0 fully saturated rings. The zero-order chi connectivity index (χ0) is 17.8. The van der Waals surface area contributed by atoms with Gasteiger partial charge in [-0.1, -0.05) is 48.3 Å². The summed E-state index contributed by atoms with van der Waals surface area (Å²) in [5.41, 5.74) is 5.13. The van der Waals surface area contributed by atoms with Crippen molar-refractivity contribution in [1.82, 2.24) is 15.0 Å². The van der Waals surface area contributed by atoms with Crippen molar-refractivity contribution < 1.29 is 4.79 Å². The molecule has 1 heterocycles. The summed E-state index contributed by atoms with van der Waals surface area (Å²) in [5.74, 6) is -0.449. The number of carbonyl (C=O) groups is 1. The van der Waals surface area contributed by atoms with Gasteiger partial charge in [0.2, 0.25) is 5.91 Å². The van der Waals surface area contributed by atoms with Gasteiger partial charge in [-0.05, 0) is 24.3 Å². The van der Waals surface area contributed by atoms with Crippen molar-refractivity contribution >= 4 is 46.4 Å². The van der Waals surface area contributed by atoms with E-state index in [9.17, 15) is 4.79 Å². The number of para-hydroxylation sites is 2. The predicted molar refractivity (Wildman–Crippen MR) is 101 cm³/mol. The normalized spacial score (nSPS) is 12.6. The average molecular weight is 375 g/mol. The Morgan fingerprint density at radius 3 is 2.92 bits per heavy atom. The molecule has 0 aliphatic rings. The van der Waals surface area contributed by atoms with Crippen LogP contribution in [0.5, 0.6) is 0 Å². The first kappa shape index (κ1) is 17.5. The summed E-state index contributed by atoms with van der Waals surface area (Å²) in [4.78, 5) is 16.5. The topological polar surface area (TPSA) is 59.3 Å². The number of nitrogens with zero attached hydrogens (tertiary/aromatic N) is 3. The number of amides is 1. The van der Waals surface area contributed by atoms with Gasteiger partial charge < -0.3 is 4.57 Å². The minimum absolute atomic E-state index is 0.181. The molecule has 1 amide bonds. The maximum Gasteiger partial charge on any atom is 0.244 e. The Labute approximate surface area is 155 Å². The van der Waals surface area contributed by atoms with Crippen molar-refractivity contribution in [3.05, 3.63) is 64.4 Å². The summed E-state index contributed by atoms with van der Waals surface area (Å²) in [6, 6.07) is 12.9. The second-order valence-electron chi connectivity index (χ2n) is 5.69. The van der Waals surface area contributed by atoms with Crippen molar-refractivity contribution in [2.45, 2.75) is 13.5 Å². The van der Waals surface area contributed by atoms with Crippen LogP contribution in [0.15, 0.2) is 53.9 Å². The van der Waals surface area contributed by atoms with Crippen LogP contribution in [0.4, 0.5) is 0 Å². The van der Waals surface area contributed by atoms with Gasteiger partial charge in [-0.15, -0.1) is 0 Å². The number of imidazole rings is 1. The molecule has 0 bridgehead atoms. The number of rotatable bonds is 5. The van der Waals surface area contributed by atoms with Gasteiger partial charge in [-0.2, -0.15) is 5.10 Å². The van der Waals surface area contributed by atoms with E-state index < -0.39 is 0 Å². The van der Waals surface area contributed by atoms with Gasteiger partial charge in [0.05, 0.1) is 34.5 Å². The molecule has 0 aliphatic heterocycles. The van der Waals surface area contributed by atoms with E-state index >= 15 is 0 Å². The SMILES string of the molecule is CC(Cn1cnc2ccccc21)C(=O)N/N=C/c1ccc(Cl)cc1Cl. The summed E-state index contributed by atoms with van der Waals surface area (Å²) in [7, 11) is 0. The molecule has 0 radical (unpaired) electrons. The minimum atomic E-state index is -0.268. The second kappa shape index (κ2) is 7.68. The van der Waals surface area contributed by atoms with Crippen LogP contribution in [0.25, 0.3) is 11.0 Å². The second-order valence-corrected chi connectivity index (χ2v) is 6.53. The standard InChI is InChI=1S/C18H16Cl2N4O/c1-12(10-24-11-21-16-4-2-3-5-17(16)24)18(25)23-22-9-13-6-7-14(19)8-15(13)20/h2-9,11-12H,10H2,1H3,(H,23,25)/b22-9+. The van der Waals surface area contributed by atoms with Crippen LogP contribution in [-0.2, 0) is 11.3 Å². The molecule has 0 spiro atoms. The molecule has 3 rings (SSSR count). The van der Waals surface area contributed by atoms with E-state index in [1.807, 2.05) is 35.8 Å². The molecular formula is C18H16Cl2N4O. The van der Waals surface area contributed by atoms with Crippen LogP contribution >= 0.6 is 23.2 Å². The van der Waals surface area contributed by atoms with Crippen molar-refractivity contribution in [3.8, 4) is 0 Å². The largest absolute Gasteiger partial charge is 0.330 e. The first-order valence-electron chi connectivity index (χ1n) is 7.72. The summed E-state index contributed by atoms with van der Waals surface area (Å²) in [5, 5.41) is 4.99. The monoisotopic (exact) mass is 374 g/mol. The molecule has 0 saturated heterocycles. The first-order valence-corrected chi connectivity index (χ1v) is 8.48. The van der Waals surface area contributed by atoms with E-state index in [1.165, 1.54) is 6.21 Å². The lowest BCUT2D eigenvalue weighted by atomic mass is 10.1. The number of carbonyl (C=O) groups excluding carboxylic acids is 1. The Kier molecular flexibility index (Phi) is 5.36. The predicted octanol–water partition coefficient (Wildman–Crippen LogP) is 4.13. The number of hydrogen-bond donors (Lipinski definition) is 1. The molecule has 5 nitrogen and oxygen atoms in total. The Hall–Kier alpha value is -2.37. The fourth-order valence-electron chi connectivity index (χ4n) is 2.42. The van der Waals surface area contributed by atoms with E-state index in [-0.39, 0.29) is 11.8 Å². The summed E-state index contributed by atoms with van der Waals surface area (Å²) >= 11 is 11.9. The van der Waals surface area contributed by atoms with Crippen LogP contribution in [-0.4, -0.2) is 21.7 Å². The highest BCUT2D eigenvalue weighted by molar-refractivity contribution is 6.36. The Bertz CT molecular complexity index is 936. The van der Waals surface area contributed by atoms with E-state index in [2.05, 4.69) is 15.5 Å².